The number of nitrogens with zero attached hydrogens (tertiary/aromatic N) is 1. The van der Waals surface area contributed by atoms with Crippen molar-refractivity contribution in [3.05, 3.63) is 35.9 Å². The standard InChI is InChI=1S/C16H21NO2/c18-10-9-17(11-12-5-2-1-3-6-12)16(19)15-13-7-4-8-14(13)15/h1-3,5-6,13-15,18H,4,7-11H2. The van der Waals surface area contributed by atoms with E-state index in [-0.39, 0.29) is 18.4 Å². The lowest BCUT2D eigenvalue weighted by Crippen LogP contribution is -2.35. The number of fused-ring (bicyclic) bond motifs is 1. The molecule has 2 saturated carbocycles. The third kappa shape index (κ3) is 2.52. The molecule has 3 rings (SSSR count). The molecule has 0 spiro atoms. The van der Waals surface area contributed by atoms with Gasteiger partial charge in [-0.25, -0.2) is 0 Å². The van der Waals surface area contributed by atoms with E-state index < -0.39 is 0 Å². The van der Waals surface area contributed by atoms with Crippen LogP contribution < -0.4 is 0 Å². The van der Waals surface area contributed by atoms with E-state index in [0.29, 0.717) is 24.9 Å². The minimum absolute atomic E-state index is 0.0423. The maximum Gasteiger partial charge on any atom is 0.226 e. The summed E-state index contributed by atoms with van der Waals surface area (Å²) in [5.41, 5.74) is 1.13. The molecular formula is C16H21NO2. The van der Waals surface area contributed by atoms with Crippen LogP contribution in [0.1, 0.15) is 24.8 Å². The number of aliphatic hydroxyl groups is 1. The van der Waals surface area contributed by atoms with Gasteiger partial charge in [0.05, 0.1) is 6.61 Å². The monoisotopic (exact) mass is 259 g/mol. The summed E-state index contributed by atoms with van der Waals surface area (Å²) in [6, 6.07) is 10.0. The first-order chi connectivity index (χ1) is 9.31. The summed E-state index contributed by atoms with van der Waals surface area (Å²) >= 11 is 0. The van der Waals surface area contributed by atoms with Crippen molar-refractivity contribution in [2.45, 2.75) is 25.8 Å². The molecule has 1 N–H and O–H groups in total. The molecule has 3 heteroatoms. The molecule has 0 radical (unpaired) electrons. The van der Waals surface area contributed by atoms with Gasteiger partial charge in [0, 0.05) is 19.0 Å². The van der Waals surface area contributed by atoms with Crippen molar-refractivity contribution in [2.24, 2.45) is 17.8 Å². The van der Waals surface area contributed by atoms with Crippen LogP contribution in [0, 0.1) is 17.8 Å². The summed E-state index contributed by atoms with van der Waals surface area (Å²) in [5.74, 6) is 1.80. The topological polar surface area (TPSA) is 40.5 Å². The van der Waals surface area contributed by atoms with Crippen LogP contribution in [0.2, 0.25) is 0 Å². The molecule has 0 bridgehead atoms. The molecule has 0 heterocycles. The molecule has 2 unspecified atom stereocenters. The second kappa shape index (κ2) is 5.33. The smallest absolute Gasteiger partial charge is 0.226 e. The van der Waals surface area contributed by atoms with Crippen LogP contribution in [-0.4, -0.2) is 29.1 Å². The predicted octanol–water partition coefficient (Wildman–Crippen LogP) is 2.05. The summed E-state index contributed by atoms with van der Waals surface area (Å²) < 4.78 is 0. The highest BCUT2D eigenvalue weighted by Crippen LogP contribution is 2.58. The Morgan fingerprint density at radius 1 is 1.21 bits per heavy atom. The summed E-state index contributed by atoms with van der Waals surface area (Å²) in [6.45, 7) is 1.11. The second-order valence-corrected chi connectivity index (χ2v) is 5.75. The van der Waals surface area contributed by atoms with Crippen LogP contribution >= 0.6 is 0 Å². The lowest BCUT2D eigenvalue weighted by Gasteiger charge is -2.23. The zero-order valence-electron chi connectivity index (χ0n) is 11.2. The van der Waals surface area contributed by atoms with E-state index in [9.17, 15) is 9.90 Å². The fourth-order valence-electron chi connectivity index (χ4n) is 3.59. The fourth-order valence-corrected chi connectivity index (χ4v) is 3.59. The van der Waals surface area contributed by atoms with Crippen molar-refractivity contribution < 1.29 is 9.90 Å². The molecule has 0 aromatic heterocycles. The van der Waals surface area contributed by atoms with Gasteiger partial charge in [-0.05, 0) is 30.2 Å². The molecule has 1 aromatic rings. The highest BCUT2D eigenvalue weighted by molar-refractivity contribution is 5.82. The van der Waals surface area contributed by atoms with Crippen LogP contribution in [0.25, 0.3) is 0 Å². The van der Waals surface area contributed by atoms with Crippen LogP contribution in [0.5, 0.6) is 0 Å². The van der Waals surface area contributed by atoms with Crippen LogP contribution in [0.3, 0.4) is 0 Å². The van der Waals surface area contributed by atoms with Crippen molar-refractivity contribution in [3.8, 4) is 0 Å². The number of carbonyl (C=O) groups excluding carboxylic acids is 1. The Morgan fingerprint density at radius 3 is 2.53 bits per heavy atom. The van der Waals surface area contributed by atoms with Crippen molar-refractivity contribution in [1.82, 2.24) is 4.90 Å². The molecule has 3 nitrogen and oxygen atoms in total. The van der Waals surface area contributed by atoms with E-state index in [0.717, 1.165) is 5.56 Å². The molecule has 0 aliphatic heterocycles. The first kappa shape index (κ1) is 12.7. The van der Waals surface area contributed by atoms with Gasteiger partial charge < -0.3 is 10.0 Å². The summed E-state index contributed by atoms with van der Waals surface area (Å²) in [6.07, 6.45) is 3.73. The zero-order chi connectivity index (χ0) is 13.2. The van der Waals surface area contributed by atoms with Crippen molar-refractivity contribution in [2.75, 3.05) is 13.2 Å². The second-order valence-electron chi connectivity index (χ2n) is 5.75. The number of amides is 1. The largest absolute Gasteiger partial charge is 0.395 e. The zero-order valence-corrected chi connectivity index (χ0v) is 11.2. The van der Waals surface area contributed by atoms with Gasteiger partial charge in [-0.1, -0.05) is 36.8 Å². The fraction of sp³-hybridized carbons (Fsp3) is 0.562. The Morgan fingerprint density at radius 2 is 1.89 bits per heavy atom. The average Bonchev–Trinajstić information content (AvgIpc) is 2.91. The summed E-state index contributed by atoms with van der Waals surface area (Å²) in [7, 11) is 0. The number of aliphatic hydroxyl groups excluding tert-OH is 1. The first-order valence-corrected chi connectivity index (χ1v) is 7.25. The number of carbonyl (C=O) groups is 1. The van der Waals surface area contributed by atoms with Gasteiger partial charge in [0.1, 0.15) is 0 Å². The highest BCUT2D eigenvalue weighted by atomic mass is 16.3. The van der Waals surface area contributed by atoms with Crippen molar-refractivity contribution in [3.63, 3.8) is 0 Å². The maximum absolute atomic E-state index is 12.5. The van der Waals surface area contributed by atoms with E-state index >= 15 is 0 Å². The molecule has 0 saturated heterocycles. The van der Waals surface area contributed by atoms with Gasteiger partial charge in [-0.3, -0.25) is 4.79 Å². The van der Waals surface area contributed by atoms with Crippen LogP contribution in [0.4, 0.5) is 0 Å². The molecule has 102 valence electrons. The van der Waals surface area contributed by atoms with Crippen LogP contribution in [0.15, 0.2) is 30.3 Å². The van der Waals surface area contributed by atoms with E-state index in [2.05, 4.69) is 0 Å². The van der Waals surface area contributed by atoms with Gasteiger partial charge in [-0.15, -0.1) is 0 Å². The van der Waals surface area contributed by atoms with E-state index in [1.807, 2.05) is 35.2 Å². The lowest BCUT2D eigenvalue weighted by atomic mass is 10.1. The molecule has 2 aliphatic rings. The van der Waals surface area contributed by atoms with E-state index in [4.69, 9.17) is 0 Å². The normalized spacial score (nSPS) is 27.9. The molecule has 2 atom stereocenters. The van der Waals surface area contributed by atoms with Gasteiger partial charge in [0.2, 0.25) is 5.91 Å². The average molecular weight is 259 g/mol. The Hall–Kier alpha value is -1.35. The quantitative estimate of drug-likeness (QED) is 0.879. The number of hydrogen-bond acceptors (Lipinski definition) is 2. The number of hydrogen-bond donors (Lipinski definition) is 1. The Labute approximate surface area is 114 Å². The van der Waals surface area contributed by atoms with E-state index in [1.165, 1.54) is 19.3 Å². The maximum atomic E-state index is 12.5. The Kier molecular flexibility index (Phi) is 3.56. The SMILES string of the molecule is O=C(C1C2CCCC21)N(CCO)Cc1ccccc1. The van der Waals surface area contributed by atoms with Crippen LogP contribution in [-0.2, 0) is 11.3 Å². The van der Waals surface area contributed by atoms with Crippen molar-refractivity contribution >= 4 is 5.91 Å². The predicted molar refractivity (Wildman–Crippen MR) is 73.3 cm³/mol. The number of benzene rings is 1. The lowest BCUT2D eigenvalue weighted by molar-refractivity contribution is -0.134. The third-order valence-corrected chi connectivity index (χ3v) is 4.59. The summed E-state index contributed by atoms with van der Waals surface area (Å²) in [5, 5.41) is 9.17. The Bertz CT molecular complexity index is 435. The van der Waals surface area contributed by atoms with E-state index in [1.54, 1.807) is 0 Å². The molecule has 1 amide bonds. The summed E-state index contributed by atoms with van der Waals surface area (Å²) in [4.78, 5) is 14.4. The first-order valence-electron chi connectivity index (χ1n) is 7.25. The minimum Gasteiger partial charge on any atom is -0.395 e. The molecule has 1 aromatic carbocycles. The number of rotatable bonds is 5. The van der Waals surface area contributed by atoms with Gasteiger partial charge >= 0.3 is 0 Å². The molecular weight excluding hydrogens is 238 g/mol. The molecule has 2 fully saturated rings. The van der Waals surface area contributed by atoms with Gasteiger partial charge in [0.15, 0.2) is 0 Å². The highest BCUT2D eigenvalue weighted by Gasteiger charge is 2.57. The molecule has 19 heavy (non-hydrogen) atoms. The third-order valence-electron chi connectivity index (χ3n) is 4.59. The van der Waals surface area contributed by atoms with Gasteiger partial charge in [0.25, 0.3) is 0 Å². The Balaban J connectivity index is 1.65. The molecule has 2 aliphatic carbocycles. The van der Waals surface area contributed by atoms with Gasteiger partial charge in [-0.2, -0.15) is 0 Å². The minimum atomic E-state index is 0.0423. The van der Waals surface area contributed by atoms with Crippen molar-refractivity contribution in [1.29, 1.82) is 0 Å².